The Hall–Kier alpha value is -0.220. The van der Waals surface area contributed by atoms with Crippen LogP contribution in [0.1, 0.15) is 26.2 Å². The lowest BCUT2D eigenvalue weighted by Gasteiger charge is -2.29. The molecule has 2 atom stereocenters. The third-order valence-corrected chi connectivity index (χ3v) is 4.64. The molecule has 1 N–H and O–H groups in total. The molecular formula is C11H19NO2S. The Balaban J connectivity index is 1.92. The summed E-state index contributed by atoms with van der Waals surface area (Å²) >= 11 is 1.97. The number of carboxylic acids is 1. The SMILES string of the molecule is CC1SCCC1N(CC(=O)O)CC1CC1. The summed E-state index contributed by atoms with van der Waals surface area (Å²) in [4.78, 5) is 13.0. The van der Waals surface area contributed by atoms with Gasteiger partial charge in [-0.3, -0.25) is 9.69 Å². The molecule has 0 spiro atoms. The Morgan fingerprint density at radius 1 is 1.47 bits per heavy atom. The average Bonchev–Trinajstić information content (AvgIpc) is 2.86. The standard InChI is InChI=1S/C11H19NO2S/c1-8-10(4-5-15-8)12(7-11(13)14)6-9-2-3-9/h8-10H,2-7H2,1H3,(H,13,14). The zero-order chi connectivity index (χ0) is 10.8. The van der Waals surface area contributed by atoms with Gasteiger partial charge in [0.25, 0.3) is 0 Å². The van der Waals surface area contributed by atoms with E-state index in [4.69, 9.17) is 5.11 Å². The fourth-order valence-electron chi connectivity index (χ4n) is 2.32. The summed E-state index contributed by atoms with van der Waals surface area (Å²) < 4.78 is 0. The monoisotopic (exact) mass is 229 g/mol. The van der Waals surface area contributed by atoms with Gasteiger partial charge in [0.05, 0.1) is 6.54 Å². The highest BCUT2D eigenvalue weighted by Gasteiger charge is 2.34. The largest absolute Gasteiger partial charge is 0.480 e. The van der Waals surface area contributed by atoms with Crippen molar-refractivity contribution in [2.45, 2.75) is 37.5 Å². The fourth-order valence-corrected chi connectivity index (χ4v) is 3.60. The normalized spacial score (nSPS) is 31.1. The molecule has 2 rings (SSSR count). The molecule has 15 heavy (non-hydrogen) atoms. The van der Waals surface area contributed by atoms with E-state index in [9.17, 15) is 4.79 Å². The molecule has 3 nitrogen and oxygen atoms in total. The molecule has 0 radical (unpaired) electrons. The summed E-state index contributed by atoms with van der Waals surface area (Å²) in [6, 6.07) is 0.492. The molecule has 4 heteroatoms. The number of hydrogen-bond donors (Lipinski definition) is 1. The highest BCUT2D eigenvalue weighted by Crippen LogP contribution is 2.35. The van der Waals surface area contributed by atoms with Crippen LogP contribution in [0.2, 0.25) is 0 Å². The van der Waals surface area contributed by atoms with Gasteiger partial charge in [0.1, 0.15) is 0 Å². The summed E-state index contributed by atoms with van der Waals surface area (Å²) in [6.45, 7) is 3.46. The first-order valence-electron chi connectivity index (χ1n) is 5.74. The quantitative estimate of drug-likeness (QED) is 0.778. The summed E-state index contributed by atoms with van der Waals surface area (Å²) in [6.07, 6.45) is 3.75. The van der Waals surface area contributed by atoms with E-state index in [1.165, 1.54) is 18.6 Å². The number of thioether (sulfide) groups is 1. The third kappa shape index (κ3) is 3.11. The van der Waals surface area contributed by atoms with E-state index < -0.39 is 5.97 Å². The first-order chi connectivity index (χ1) is 7.16. The maximum absolute atomic E-state index is 10.8. The molecule has 1 aliphatic heterocycles. The van der Waals surface area contributed by atoms with Gasteiger partial charge in [-0.25, -0.2) is 0 Å². The number of aliphatic carboxylic acids is 1. The van der Waals surface area contributed by atoms with E-state index >= 15 is 0 Å². The van der Waals surface area contributed by atoms with E-state index in [1.807, 2.05) is 11.8 Å². The van der Waals surface area contributed by atoms with Crippen LogP contribution < -0.4 is 0 Å². The Morgan fingerprint density at radius 2 is 2.20 bits per heavy atom. The molecular weight excluding hydrogens is 210 g/mol. The zero-order valence-corrected chi connectivity index (χ0v) is 10.0. The summed E-state index contributed by atoms with van der Waals surface area (Å²) in [5.74, 6) is 1.29. The summed E-state index contributed by atoms with van der Waals surface area (Å²) in [5, 5.41) is 9.52. The minimum absolute atomic E-state index is 0.228. The van der Waals surface area contributed by atoms with Crippen LogP contribution in [0, 0.1) is 5.92 Å². The van der Waals surface area contributed by atoms with Crippen LogP contribution in [-0.4, -0.2) is 46.1 Å². The van der Waals surface area contributed by atoms with Gasteiger partial charge in [-0.1, -0.05) is 6.92 Å². The van der Waals surface area contributed by atoms with Gasteiger partial charge >= 0.3 is 5.97 Å². The van der Waals surface area contributed by atoms with Gasteiger partial charge in [0.15, 0.2) is 0 Å². The molecule has 0 aromatic rings. The highest BCUT2D eigenvalue weighted by molar-refractivity contribution is 8.00. The fraction of sp³-hybridized carbons (Fsp3) is 0.909. The Bertz CT molecular complexity index is 243. The van der Waals surface area contributed by atoms with Crippen molar-refractivity contribution in [3.05, 3.63) is 0 Å². The van der Waals surface area contributed by atoms with Crippen molar-refractivity contribution in [3.8, 4) is 0 Å². The van der Waals surface area contributed by atoms with E-state index in [0.29, 0.717) is 11.3 Å². The number of carboxylic acid groups (broad SMARTS) is 1. The van der Waals surface area contributed by atoms with Gasteiger partial charge in [0, 0.05) is 17.8 Å². The Morgan fingerprint density at radius 3 is 2.67 bits per heavy atom. The van der Waals surface area contributed by atoms with Gasteiger partial charge in [0.2, 0.25) is 0 Å². The van der Waals surface area contributed by atoms with Crippen molar-refractivity contribution < 1.29 is 9.90 Å². The lowest BCUT2D eigenvalue weighted by Crippen LogP contribution is -2.43. The number of rotatable bonds is 5. The molecule has 0 amide bonds. The van der Waals surface area contributed by atoms with Crippen molar-refractivity contribution in [1.82, 2.24) is 4.90 Å². The van der Waals surface area contributed by atoms with Gasteiger partial charge in [-0.15, -0.1) is 0 Å². The van der Waals surface area contributed by atoms with Crippen LogP contribution >= 0.6 is 11.8 Å². The Labute approximate surface area is 95.2 Å². The minimum Gasteiger partial charge on any atom is -0.480 e. The van der Waals surface area contributed by atoms with E-state index in [0.717, 1.165) is 18.9 Å². The molecule has 1 heterocycles. The van der Waals surface area contributed by atoms with E-state index in [-0.39, 0.29) is 6.54 Å². The molecule has 2 aliphatic rings. The topological polar surface area (TPSA) is 40.5 Å². The second kappa shape index (κ2) is 4.74. The predicted molar refractivity (Wildman–Crippen MR) is 62.3 cm³/mol. The van der Waals surface area contributed by atoms with Crippen molar-refractivity contribution in [3.63, 3.8) is 0 Å². The first-order valence-corrected chi connectivity index (χ1v) is 6.79. The number of hydrogen-bond acceptors (Lipinski definition) is 3. The van der Waals surface area contributed by atoms with Crippen LogP contribution in [-0.2, 0) is 4.79 Å². The molecule has 2 unspecified atom stereocenters. The zero-order valence-electron chi connectivity index (χ0n) is 9.19. The second-order valence-corrected chi connectivity index (χ2v) is 6.18. The molecule has 2 fully saturated rings. The van der Waals surface area contributed by atoms with Crippen molar-refractivity contribution in [2.24, 2.45) is 5.92 Å². The molecule has 0 aromatic heterocycles. The molecule has 1 saturated carbocycles. The maximum Gasteiger partial charge on any atom is 0.317 e. The minimum atomic E-state index is -0.681. The summed E-state index contributed by atoms with van der Waals surface area (Å²) in [5.41, 5.74) is 0. The van der Waals surface area contributed by atoms with E-state index in [1.54, 1.807) is 0 Å². The van der Waals surface area contributed by atoms with Gasteiger partial charge < -0.3 is 5.11 Å². The van der Waals surface area contributed by atoms with Crippen molar-refractivity contribution in [1.29, 1.82) is 0 Å². The molecule has 1 aliphatic carbocycles. The smallest absolute Gasteiger partial charge is 0.317 e. The lowest BCUT2D eigenvalue weighted by atomic mass is 10.1. The predicted octanol–water partition coefficient (Wildman–Crippen LogP) is 1.68. The van der Waals surface area contributed by atoms with Gasteiger partial charge in [-0.05, 0) is 30.9 Å². The van der Waals surface area contributed by atoms with Crippen molar-refractivity contribution in [2.75, 3.05) is 18.8 Å². The molecule has 0 aromatic carbocycles. The van der Waals surface area contributed by atoms with Crippen LogP contribution in [0.3, 0.4) is 0 Å². The van der Waals surface area contributed by atoms with Crippen LogP contribution in [0.25, 0.3) is 0 Å². The average molecular weight is 229 g/mol. The molecule has 86 valence electrons. The Kier molecular flexibility index (Phi) is 3.57. The number of nitrogens with zero attached hydrogens (tertiary/aromatic N) is 1. The highest BCUT2D eigenvalue weighted by atomic mass is 32.2. The van der Waals surface area contributed by atoms with Crippen LogP contribution in [0.5, 0.6) is 0 Å². The number of carbonyl (C=O) groups is 1. The van der Waals surface area contributed by atoms with Gasteiger partial charge in [-0.2, -0.15) is 11.8 Å². The molecule has 0 bridgehead atoms. The van der Waals surface area contributed by atoms with E-state index in [2.05, 4.69) is 11.8 Å². The lowest BCUT2D eigenvalue weighted by molar-refractivity contribution is -0.139. The third-order valence-electron chi connectivity index (χ3n) is 3.33. The van der Waals surface area contributed by atoms with Crippen LogP contribution in [0.4, 0.5) is 0 Å². The molecule has 1 saturated heterocycles. The first kappa shape index (κ1) is 11.3. The summed E-state index contributed by atoms with van der Waals surface area (Å²) in [7, 11) is 0. The van der Waals surface area contributed by atoms with Crippen LogP contribution in [0.15, 0.2) is 0 Å². The second-order valence-electron chi connectivity index (χ2n) is 4.70. The van der Waals surface area contributed by atoms with Crippen molar-refractivity contribution >= 4 is 17.7 Å². The maximum atomic E-state index is 10.8.